The molecule has 0 amide bonds. The van der Waals surface area contributed by atoms with Crippen molar-refractivity contribution in [3.63, 3.8) is 0 Å². The molecule has 18 heavy (non-hydrogen) atoms. The zero-order valence-electron chi connectivity index (χ0n) is 11.8. The standard InChI is InChI=1S/C14H28N2O2/c1-3-5-12-6-10-16(11-7-12)9-4-8-14(2,15)13(17)18/h12H,3-11,15H2,1-2H3,(H,17,18). The number of carbonyl (C=O) groups is 1. The third-order valence-electron chi connectivity index (χ3n) is 4.06. The lowest BCUT2D eigenvalue weighted by atomic mass is 9.92. The summed E-state index contributed by atoms with van der Waals surface area (Å²) in [5.74, 6) is 0.00852. The van der Waals surface area contributed by atoms with Gasteiger partial charge < -0.3 is 15.7 Å². The van der Waals surface area contributed by atoms with Crippen molar-refractivity contribution < 1.29 is 9.90 Å². The topological polar surface area (TPSA) is 66.6 Å². The highest BCUT2D eigenvalue weighted by molar-refractivity contribution is 5.77. The van der Waals surface area contributed by atoms with E-state index in [1.807, 2.05) is 0 Å². The smallest absolute Gasteiger partial charge is 0.323 e. The second kappa shape index (κ2) is 7.10. The average Bonchev–Trinajstić information content (AvgIpc) is 2.31. The minimum atomic E-state index is -1.07. The highest BCUT2D eigenvalue weighted by atomic mass is 16.4. The molecule has 4 heteroatoms. The Morgan fingerprint density at radius 1 is 1.44 bits per heavy atom. The molecule has 106 valence electrons. The second-order valence-corrected chi connectivity index (χ2v) is 5.90. The van der Waals surface area contributed by atoms with Gasteiger partial charge in [-0.1, -0.05) is 19.8 Å². The van der Waals surface area contributed by atoms with Crippen molar-refractivity contribution >= 4 is 5.97 Å². The van der Waals surface area contributed by atoms with Crippen LogP contribution >= 0.6 is 0 Å². The number of rotatable bonds is 7. The summed E-state index contributed by atoms with van der Waals surface area (Å²) in [5.41, 5.74) is 4.65. The first-order chi connectivity index (χ1) is 8.45. The van der Waals surface area contributed by atoms with Crippen molar-refractivity contribution in [2.75, 3.05) is 19.6 Å². The Bertz CT molecular complexity index is 259. The monoisotopic (exact) mass is 256 g/mol. The number of nitrogens with zero attached hydrogens (tertiary/aromatic N) is 1. The summed E-state index contributed by atoms with van der Waals surface area (Å²) in [7, 11) is 0. The molecule has 0 spiro atoms. The number of piperidine rings is 1. The van der Waals surface area contributed by atoms with Crippen LogP contribution in [-0.2, 0) is 4.79 Å². The first kappa shape index (κ1) is 15.4. The largest absolute Gasteiger partial charge is 0.480 e. The van der Waals surface area contributed by atoms with Crippen LogP contribution in [0.15, 0.2) is 0 Å². The maximum atomic E-state index is 10.9. The molecule has 1 fully saturated rings. The third kappa shape index (κ3) is 4.94. The highest BCUT2D eigenvalue weighted by Crippen LogP contribution is 2.22. The van der Waals surface area contributed by atoms with Gasteiger partial charge in [0.2, 0.25) is 0 Å². The molecule has 0 aromatic carbocycles. The van der Waals surface area contributed by atoms with Crippen LogP contribution in [0.25, 0.3) is 0 Å². The molecular weight excluding hydrogens is 228 g/mol. The minimum Gasteiger partial charge on any atom is -0.480 e. The van der Waals surface area contributed by atoms with Gasteiger partial charge in [0.25, 0.3) is 0 Å². The first-order valence-electron chi connectivity index (χ1n) is 7.20. The molecule has 0 aromatic heterocycles. The van der Waals surface area contributed by atoms with Crippen LogP contribution in [0.1, 0.15) is 52.4 Å². The predicted octanol–water partition coefficient (Wildman–Crippen LogP) is 2.08. The summed E-state index contributed by atoms with van der Waals surface area (Å²) in [6, 6.07) is 0. The van der Waals surface area contributed by atoms with E-state index in [9.17, 15) is 4.79 Å². The van der Waals surface area contributed by atoms with E-state index >= 15 is 0 Å². The van der Waals surface area contributed by atoms with E-state index < -0.39 is 11.5 Å². The number of carboxylic acids is 1. The van der Waals surface area contributed by atoms with Gasteiger partial charge in [0.15, 0.2) is 0 Å². The molecule has 1 unspecified atom stereocenters. The van der Waals surface area contributed by atoms with Crippen LogP contribution < -0.4 is 5.73 Å². The van der Waals surface area contributed by atoms with Gasteiger partial charge in [-0.2, -0.15) is 0 Å². The Morgan fingerprint density at radius 2 is 2.06 bits per heavy atom. The van der Waals surface area contributed by atoms with E-state index in [1.54, 1.807) is 6.92 Å². The summed E-state index contributed by atoms with van der Waals surface area (Å²) in [6.07, 6.45) is 6.66. The molecule has 1 saturated heterocycles. The van der Waals surface area contributed by atoms with E-state index in [4.69, 9.17) is 10.8 Å². The molecule has 1 rings (SSSR count). The molecule has 0 radical (unpaired) electrons. The normalized spacial score (nSPS) is 21.7. The molecule has 3 N–H and O–H groups in total. The Balaban J connectivity index is 2.16. The molecule has 1 aliphatic rings. The highest BCUT2D eigenvalue weighted by Gasteiger charge is 2.27. The van der Waals surface area contributed by atoms with Crippen LogP contribution in [0.5, 0.6) is 0 Å². The fourth-order valence-electron chi connectivity index (χ4n) is 2.68. The fourth-order valence-corrected chi connectivity index (χ4v) is 2.68. The molecule has 1 aliphatic heterocycles. The van der Waals surface area contributed by atoms with Crippen LogP contribution in [0.4, 0.5) is 0 Å². The lowest BCUT2D eigenvalue weighted by Crippen LogP contribution is -2.45. The molecule has 1 heterocycles. The Hall–Kier alpha value is -0.610. The zero-order chi connectivity index (χ0) is 13.6. The maximum Gasteiger partial charge on any atom is 0.323 e. The number of carboxylic acid groups (broad SMARTS) is 1. The Labute approximate surface area is 111 Å². The molecule has 0 saturated carbocycles. The molecular formula is C14H28N2O2. The summed E-state index contributed by atoms with van der Waals surface area (Å²) >= 11 is 0. The third-order valence-corrected chi connectivity index (χ3v) is 4.06. The van der Waals surface area contributed by atoms with E-state index in [1.165, 1.54) is 38.8 Å². The Kier molecular flexibility index (Phi) is 6.09. The summed E-state index contributed by atoms with van der Waals surface area (Å²) in [4.78, 5) is 13.3. The lowest BCUT2D eigenvalue weighted by molar-refractivity contribution is -0.142. The quantitative estimate of drug-likeness (QED) is 0.732. The number of hydrogen-bond donors (Lipinski definition) is 2. The van der Waals surface area contributed by atoms with Crippen molar-refractivity contribution in [2.24, 2.45) is 11.7 Å². The predicted molar refractivity (Wildman–Crippen MR) is 73.5 cm³/mol. The van der Waals surface area contributed by atoms with Crippen LogP contribution in [0, 0.1) is 5.92 Å². The van der Waals surface area contributed by atoms with Gasteiger partial charge in [-0.3, -0.25) is 4.79 Å². The van der Waals surface area contributed by atoms with Gasteiger partial charge in [-0.25, -0.2) is 0 Å². The average molecular weight is 256 g/mol. The van der Waals surface area contributed by atoms with Gasteiger partial charge in [0, 0.05) is 0 Å². The van der Waals surface area contributed by atoms with E-state index in [0.29, 0.717) is 6.42 Å². The Morgan fingerprint density at radius 3 is 2.56 bits per heavy atom. The molecule has 0 aromatic rings. The number of likely N-dealkylation sites (tertiary alicyclic amines) is 1. The van der Waals surface area contributed by atoms with Crippen molar-refractivity contribution in [3.8, 4) is 0 Å². The number of hydrogen-bond acceptors (Lipinski definition) is 3. The molecule has 0 bridgehead atoms. The van der Waals surface area contributed by atoms with Crippen LogP contribution in [0.2, 0.25) is 0 Å². The van der Waals surface area contributed by atoms with Crippen molar-refractivity contribution in [1.29, 1.82) is 0 Å². The van der Waals surface area contributed by atoms with E-state index in [-0.39, 0.29) is 0 Å². The van der Waals surface area contributed by atoms with Crippen molar-refractivity contribution in [2.45, 2.75) is 57.9 Å². The molecule has 1 atom stereocenters. The molecule has 4 nitrogen and oxygen atoms in total. The summed E-state index contributed by atoms with van der Waals surface area (Å²) < 4.78 is 0. The van der Waals surface area contributed by atoms with E-state index in [2.05, 4.69) is 11.8 Å². The SMILES string of the molecule is CCCC1CCN(CCCC(C)(N)C(=O)O)CC1. The van der Waals surface area contributed by atoms with Crippen LogP contribution in [0.3, 0.4) is 0 Å². The summed E-state index contributed by atoms with van der Waals surface area (Å²) in [5, 5.41) is 8.93. The van der Waals surface area contributed by atoms with Gasteiger partial charge in [0.05, 0.1) is 0 Å². The van der Waals surface area contributed by atoms with Gasteiger partial charge in [-0.15, -0.1) is 0 Å². The summed E-state index contributed by atoms with van der Waals surface area (Å²) in [6.45, 7) is 7.17. The molecule has 0 aliphatic carbocycles. The van der Waals surface area contributed by atoms with Gasteiger partial charge in [0.1, 0.15) is 5.54 Å². The fraction of sp³-hybridized carbons (Fsp3) is 0.929. The van der Waals surface area contributed by atoms with Gasteiger partial charge in [-0.05, 0) is 58.2 Å². The second-order valence-electron chi connectivity index (χ2n) is 5.90. The van der Waals surface area contributed by atoms with Crippen LogP contribution in [-0.4, -0.2) is 41.1 Å². The maximum absolute atomic E-state index is 10.9. The van der Waals surface area contributed by atoms with E-state index in [0.717, 1.165) is 18.9 Å². The van der Waals surface area contributed by atoms with Gasteiger partial charge >= 0.3 is 5.97 Å². The van der Waals surface area contributed by atoms with Crippen molar-refractivity contribution in [1.82, 2.24) is 4.90 Å². The number of aliphatic carboxylic acids is 1. The minimum absolute atomic E-state index is 0.553. The lowest BCUT2D eigenvalue weighted by Gasteiger charge is -2.32. The first-order valence-corrected chi connectivity index (χ1v) is 7.20. The zero-order valence-corrected chi connectivity index (χ0v) is 11.8. The van der Waals surface area contributed by atoms with Crippen molar-refractivity contribution in [3.05, 3.63) is 0 Å². The number of nitrogens with two attached hydrogens (primary N) is 1.